The van der Waals surface area contributed by atoms with Gasteiger partial charge in [0.1, 0.15) is 17.3 Å². The van der Waals surface area contributed by atoms with Gasteiger partial charge in [-0.2, -0.15) is 0 Å². The first kappa shape index (κ1) is 25.2. The van der Waals surface area contributed by atoms with Crippen molar-refractivity contribution in [3.8, 4) is 17.2 Å². The molecular formula is C28H23FN2O6S. The summed E-state index contributed by atoms with van der Waals surface area (Å²) in [7, 11) is 2.97. The molecule has 38 heavy (non-hydrogen) atoms. The molecule has 1 amide bonds. The van der Waals surface area contributed by atoms with Crippen LogP contribution in [0.25, 0.3) is 16.0 Å². The van der Waals surface area contributed by atoms with E-state index >= 15 is 0 Å². The Morgan fingerprint density at radius 1 is 1.03 bits per heavy atom. The second kappa shape index (κ2) is 10.1. The normalized spacial score (nSPS) is 16.7. The number of carbonyl (C=O) groups excluding carboxylic acids is 2. The number of Topliss-reactive ketones (excluding diaryl/α,β-unsaturated/α-hetero) is 1. The highest BCUT2D eigenvalue weighted by Gasteiger charge is 2.48. The number of hydrogen-bond acceptors (Lipinski definition) is 8. The molecule has 1 atom stereocenters. The minimum absolute atomic E-state index is 0.150. The number of aliphatic hydroxyl groups excluding tert-OH is 1. The van der Waals surface area contributed by atoms with Crippen molar-refractivity contribution < 1.29 is 33.3 Å². The molecule has 10 heteroatoms. The van der Waals surface area contributed by atoms with E-state index in [1.54, 1.807) is 30.3 Å². The fourth-order valence-electron chi connectivity index (χ4n) is 4.38. The predicted molar refractivity (Wildman–Crippen MR) is 142 cm³/mol. The lowest BCUT2D eigenvalue weighted by molar-refractivity contribution is -0.132. The van der Waals surface area contributed by atoms with Crippen LogP contribution in [0.2, 0.25) is 0 Å². The number of carbonyl (C=O) groups is 2. The lowest BCUT2D eigenvalue weighted by atomic mass is 9.95. The number of amides is 1. The zero-order valence-electron chi connectivity index (χ0n) is 20.7. The molecule has 1 fully saturated rings. The van der Waals surface area contributed by atoms with E-state index in [9.17, 15) is 19.1 Å². The standard InChI is InChI=1S/C28H23FN2O6S/c1-4-37-18-10-11-19-22(14-18)38-28(30-19)31-24(16-7-12-20(35-2)21(13-16)36-3)23(26(33)27(31)34)25(32)15-5-8-17(29)9-6-15/h5-14,24,32H,4H2,1-3H3/t24-/m1/s1. The number of anilines is 1. The minimum atomic E-state index is -1.04. The van der Waals surface area contributed by atoms with Crippen LogP contribution in [0.1, 0.15) is 24.1 Å². The number of aromatic nitrogens is 1. The Morgan fingerprint density at radius 3 is 2.45 bits per heavy atom. The Bertz CT molecular complexity index is 1580. The van der Waals surface area contributed by atoms with E-state index in [1.807, 2.05) is 13.0 Å². The Balaban J connectivity index is 1.71. The molecule has 1 N–H and O–H groups in total. The number of thiazole rings is 1. The van der Waals surface area contributed by atoms with Crippen molar-refractivity contribution in [3.05, 3.63) is 83.2 Å². The van der Waals surface area contributed by atoms with Crippen LogP contribution in [0.3, 0.4) is 0 Å². The number of hydrogen-bond donors (Lipinski definition) is 1. The van der Waals surface area contributed by atoms with Gasteiger partial charge in [0, 0.05) is 5.56 Å². The molecule has 0 unspecified atom stereocenters. The van der Waals surface area contributed by atoms with E-state index in [-0.39, 0.29) is 16.3 Å². The Kier molecular flexibility index (Phi) is 6.73. The maximum Gasteiger partial charge on any atom is 0.301 e. The molecular weight excluding hydrogens is 511 g/mol. The van der Waals surface area contributed by atoms with E-state index in [0.29, 0.717) is 34.9 Å². The minimum Gasteiger partial charge on any atom is -0.507 e. The van der Waals surface area contributed by atoms with Crippen molar-refractivity contribution in [3.63, 3.8) is 0 Å². The monoisotopic (exact) mass is 534 g/mol. The van der Waals surface area contributed by atoms with Gasteiger partial charge in [0.2, 0.25) is 0 Å². The van der Waals surface area contributed by atoms with Gasteiger partial charge in [0.15, 0.2) is 16.6 Å². The van der Waals surface area contributed by atoms with Crippen LogP contribution in [0, 0.1) is 5.82 Å². The number of benzene rings is 3. The largest absolute Gasteiger partial charge is 0.507 e. The molecule has 1 aliphatic heterocycles. The first-order valence-corrected chi connectivity index (χ1v) is 12.5. The van der Waals surface area contributed by atoms with Crippen molar-refractivity contribution >= 4 is 44.1 Å². The maximum atomic E-state index is 13.6. The Labute approximate surface area is 221 Å². The number of aliphatic hydroxyl groups is 1. The summed E-state index contributed by atoms with van der Waals surface area (Å²) in [5, 5.41) is 11.5. The number of rotatable bonds is 7. The van der Waals surface area contributed by atoms with Crippen LogP contribution in [-0.4, -0.2) is 42.6 Å². The summed E-state index contributed by atoms with van der Waals surface area (Å²) in [4.78, 5) is 32.8. The molecule has 0 radical (unpaired) electrons. The van der Waals surface area contributed by atoms with Gasteiger partial charge < -0.3 is 19.3 Å². The van der Waals surface area contributed by atoms with E-state index in [0.717, 1.165) is 4.70 Å². The van der Waals surface area contributed by atoms with Crippen LogP contribution in [0.15, 0.2) is 66.2 Å². The van der Waals surface area contributed by atoms with E-state index in [4.69, 9.17) is 14.2 Å². The van der Waals surface area contributed by atoms with Crippen molar-refractivity contribution in [2.24, 2.45) is 0 Å². The molecule has 2 heterocycles. The number of ether oxygens (including phenoxy) is 3. The smallest absolute Gasteiger partial charge is 0.301 e. The molecule has 1 saturated heterocycles. The van der Waals surface area contributed by atoms with E-state index < -0.39 is 29.3 Å². The molecule has 1 aliphatic rings. The summed E-state index contributed by atoms with van der Waals surface area (Å²) in [6.07, 6.45) is 0. The van der Waals surface area contributed by atoms with E-state index in [1.165, 1.54) is 54.7 Å². The summed E-state index contributed by atoms with van der Waals surface area (Å²) >= 11 is 1.22. The van der Waals surface area contributed by atoms with Gasteiger partial charge in [-0.1, -0.05) is 17.4 Å². The van der Waals surface area contributed by atoms with E-state index in [2.05, 4.69) is 4.98 Å². The molecule has 8 nitrogen and oxygen atoms in total. The molecule has 3 aromatic carbocycles. The summed E-state index contributed by atoms with van der Waals surface area (Å²) < 4.78 is 30.7. The fraction of sp³-hybridized carbons (Fsp3) is 0.179. The van der Waals surface area contributed by atoms with Crippen molar-refractivity contribution in [1.29, 1.82) is 0 Å². The third kappa shape index (κ3) is 4.32. The van der Waals surface area contributed by atoms with Crippen LogP contribution in [-0.2, 0) is 9.59 Å². The molecule has 0 bridgehead atoms. The molecule has 1 aromatic heterocycles. The van der Waals surface area contributed by atoms with Gasteiger partial charge in [-0.25, -0.2) is 9.37 Å². The fourth-order valence-corrected chi connectivity index (χ4v) is 5.40. The predicted octanol–water partition coefficient (Wildman–Crippen LogP) is 5.48. The Hall–Kier alpha value is -4.44. The first-order chi connectivity index (χ1) is 18.4. The molecule has 0 spiro atoms. The third-order valence-electron chi connectivity index (χ3n) is 6.15. The summed E-state index contributed by atoms with van der Waals surface area (Å²) in [6.45, 7) is 2.38. The summed E-state index contributed by atoms with van der Waals surface area (Å²) in [5.41, 5.74) is 1.16. The molecule has 5 rings (SSSR count). The highest BCUT2D eigenvalue weighted by molar-refractivity contribution is 7.22. The first-order valence-electron chi connectivity index (χ1n) is 11.7. The average molecular weight is 535 g/mol. The summed E-state index contributed by atoms with van der Waals surface area (Å²) in [5.74, 6) is -1.17. The summed E-state index contributed by atoms with van der Waals surface area (Å²) in [6, 6.07) is 14.3. The zero-order valence-corrected chi connectivity index (χ0v) is 21.5. The molecule has 194 valence electrons. The second-order valence-corrected chi connectivity index (χ2v) is 9.36. The molecule has 0 saturated carbocycles. The third-order valence-corrected chi connectivity index (χ3v) is 7.17. The number of methoxy groups -OCH3 is 2. The van der Waals surface area contributed by atoms with Crippen LogP contribution in [0.5, 0.6) is 17.2 Å². The average Bonchev–Trinajstić information content (AvgIpc) is 3.46. The van der Waals surface area contributed by atoms with Gasteiger partial charge in [-0.3, -0.25) is 14.5 Å². The lowest BCUT2D eigenvalue weighted by Gasteiger charge is -2.23. The zero-order chi connectivity index (χ0) is 27.0. The number of ketones is 1. The topological polar surface area (TPSA) is 98.2 Å². The quantitative estimate of drug-likeness (QED) is 0.191. The Morgan fingerprint density at radius 2 is 1.76 bits per heavy atom. The van der Waals surface area contributed by atoms with Gasteiger partial charge in [0.05, 0.1) is 42.7 Å². The van der Waals surface area contributed by atoms with Crippen LogP contribution < -0.4 is 19.1 Å². The van der Waals surface area contributed by atoms with Crippen molar-refractivity contribution in [2.75, 3.05) is 25.7 Å². The molecule has 0 aliphatic carbocycles. The SMILES string of the molecule is CCOc1ccc2nc(N3C(=O)C(=O)C(=C(O)c4ccc(F)cc4)[C@H]3c3ccc(OC)c(OC)c3)sc2c1. The number of nitrogens with zero attached hydrogens (tertiary/aromatic N) is 2. The van der Waals surface area contributed by atoms with Crippen molar-refractivity contribution in [1.82, 2.24) is 4.98 Å². The second-order valence-electron chi connectivity index (χ2n) is 8.35. The number of fused-ring (bicyclic) bond motifs is 1. The van der Waals surface area contributed by atoms with Crippen LogP contribution >= 0.6 is 11.3 Å². The van der Waals surface area contributed by atoms with Crippen LogP contribution in [0.4, 0.5) is 9.52 Å². The van der Waals surface area contributed by atoms with Crippen molar-refractivity contribution in [2.45, 2.75) is 13.0 Å². The lowest BCUT2D eigenvalue weighted by Crippen LogP contribution is -2.29. The maximum absolute atomic E-state index is 13.6. The van der Waals surface area contributed by atoms with Gasteiger partial charge in [0.25, 0.3) is 5.78 Å². The van der Waals surface area contributed by atoms with Gasteiger partial charge in [-0.15, -0.1) is 0 Å². The number of halogens is 1. The van der Waals surface area contributed by atoms with Gasteiger partial charge >= 0.3 is 5.91 Å². The highest BCUT2D eigenvalue weighted by atomic mass is 32.1. The van der Waals surface area contributed by atoms with Gasteiger partial charge in [-0.05, 0) is 67.1 Å². The molecule has 4 aromatic rings. The highest BCUT2D eigenvalue weighted by Crippen LogP contribution is 2.46.